The summed E-state index contributed by atoms with van der Waals surface area (Å²) in [5, 5.41) is 8.15. The zero-order chi connectivity index (χ0) is 16.5. The van der Waals surface area contributed by atoms with Gasteiger partial charge in [-0.15, -0.1) is 0 Å². The van der Waals surface area contributed by atoms with Crippen molar-refractivity contribution in [3.63, 3.8) is 0 Å². The summed E-state index contributed by atoms with van der Waals surface area (Å²) in [5.41, 5.74) is 2.19. The van der Waals surface area contributed by atoms with Crippen LogP contribution in [-0.2, 0) is 13.5 Å². The Balaban J connectivity index is 1.53. The summed E-state index contributed by atoms with van der Waals surface area (Å²) < 4.78 is 7.19. The van der Waals surface area contributed by atoms with E-state index in [-0.39, 0.29) is 0 Å². The number of anilines is 1. The summed E-state index contributed by atoms with van der Waals surface area (Å²) in [6, 6.07) is 3.89. The first-order chi connectivity index (χ1) is 11.7. The van der Waals surface area contributed by atoms with Crippen molar-refractivity contribution in [2.24, 2.45) is 13.0 Å². The molecule has 0 amide bonds. The van der Waals surface area contributed by atoms with E-state index in [2.05, 4.69) is 31.3 Å². The molecular weight excluding hydrogens is 304 g/mol. The van der Waals surface area contributed by atoms with E-state index in [0.717, 1.165) is 37.3 Å². The zero-order valence-corrected chi connectivity index (χ0v) is 13.9. The lowest BCUT2D eigenvalue weighted by atomic mass is 10.0. The predicted octanol–water partition coefficient (Wildman–Crippen LogP) is 2.24. The minimum Gasteiger partial charge on any atom is -0.356 e. The molecule has 0 aliphatic carbocycles. The average molecular weight is 324 g/mol. The molecule has 1 atom stereocenters. The van der Waals surface area contributed by atoms with E-state index < -0.39 is 0 Å². The molecule has 1 aliphatic rings. The maximum Gasteiger partial charge on any atom is 0.261 e. The molecule has 1 aliphatic heterocycles. The van der Waals surface area contributed by atoms with Crippen molar-refractivity contribution in [2.45, 2.75) is 19.8 Å². The number of pyridine rings is 1. The van der Waals surface area contributed by atoms with Gasteiger partial charge in [0.05, 0.1) is 11.8 Å². The van der Waals surface area contributed by atoms with Crippen molar-refractivity contribution in [1.29, 1.82) is 0 Å². The van der Waals surface area contributed by atoms with Crippen LogP contribution >= 0.6 is 0 Å². The first-order valence-electron chi connectivity index (χ1n) is 8.17. The Morgan fingerprint density at radius 3 is 3.04 bits per heavy atom. The molecule has 1 saturated heterocycles. The van der Waals surface area contributed by atoms with Crippen molar-refractivity contribution in [1.82, 2.24) is 24.9 Å². The molecule has 4 heterocycles. The van der Waals surface area contributed by atoms with Crippen LogP contribution in [0.4, 0.5) is 5.82 Å². The molecule has 0 radical (unpaired) electrons. The molecular formula is C17H20N6O. The van der Waals surface area contributed by atoms with Crippen molar-refractivity contribution < 1.29 is 4.52 Å². The fourth-order valence-electron chi connectivity index (χ4n) is 3.32. The van der Waals surface area contributed by atoms with Crippen LogP contribution in [0.5, 0.6) is 0 Å². The van der Waals surface area contributed by atoms with E-state index in [1.165, 1.54) is 5.56 Å². The third kappa shape index (κ3) is 2.89. The van der Waals surface area contributed by atoms with E-state index in [0.29, 0.717) is 17.6 Å². The molecule has 124 valence electrons. The molecule has 7 nitrogen and oxygen atoms in total. The van der Waals surface area contributed by atoms with Gasteiger partial charge in [0.2, 0.25) is 0 Å². The first kappa shape index (κ1) is 14.9. The van der Waals surface area contributed by atoms with Crippen LogP contribution in [0.3, 0.4) is 0 Å². The van der Waals surface area contributed by atoms with Gasteiger partial charge in [-0.05, 0) is 43.4 Å². The molecule has 3 aromatic rings. The summed E-state index contributed by atoms with van der Waals surface area (Å²) in [6.07, 6.45) is 8.06. The summed E-state index contributed by atoms with van der Waals surface area (Å²) >= 11 is 0. The summed E-state index contributed by atoms with van der Waals surface area (Å²) in [6.45, 7) is 3.79. The number of nitrogens with zero attached hydrogens (tertiary/aromatic N) is 6. The van der Waals surface area contributed by atoms with Crippen molar-refractivity contribution in [2.75, 3.05) is 18.0 Å². The van der Waals surface area contributed by atoms with Crippen molar-refractivity contribution in [3.8, 4) is 11.5 Å². The molecule has 0 aromatic carbocycles. The highest BCUT2D eigenvalue weighted by Crippen LogP contribution is 2.32. The SMILES string of the molecule is Cc1noc(-c2cccnc2N2CC[C@H](Cc3cnn(C)c3)C2)n1. The minimum atomic E-state index is 0.534. The van der Waals surface area contributed by atoms with E-state index in [1.807, 2.05) is 43.2 Å². The zero-order valence-electron chi connectivity index (χ0n) is 13.9. The van der Waals surface area contributed by atoms with Crippen molar-refractivity contribution >= 4 is 5.82 Å². The van der Waals surface area contributed by atoms with Crippen LogP contribution < -0.4 is 4.90 Å². The Morgan fingerprint density at radius 2 is 2.29 bits per heavy atom. The maximum absolute atomic E-state index is 5.34. The second kappa shape index (κ2) is 6.07. The summed E-state index contributed by atoms with van der Waals surface area (Å²) in [7, 11) is 1.96. The average Bonchev–Trinajstić information content (AvgIpc) is 3.30. The molecule has 1 fully saturated rings. The highest BCUT2D eigenvalue weighted by Gasteiger charge is 2.27. The van der Waals surface area contributed by atoms with Crippen LogP contribution in [-0.4, -0.2) is 38.0 Å². The Kier molecular flexibility index (Phi) is 3.76. The Bertz CT molecular complexity index is 839. The quantitative estimate of drug-likeness (QED) is 0.733. The van der Waals surface area contributed by atoms with E-state index >= 15 is 0 Å². The molecule has 7 heteroatoms. The number of aryl methyl sites for hydroxylation is 2. The number of aromatic nitrogens is 5. The van der Waals surface area contributed by atoms with Crippen molar-refractivity contribution in [3.05, 3.63) is 42.1 Å². The minimum absolute atomic E-state index is 0.534. The van der Waals surface area contributed by atoms with E-state index in [4.69, 9.17) is 4.52 Å². The van der Waals surface area contributed by atoms with Gasteiger partial charge in [-0.25, -0.2) is 4.98 Å². The second-order valence-electron chi connectivity index (χ2n) is 6.35. The van der Waals surface area contributed by atoms with E-state index in [9.17, 15) is 0 Å². The van der Waals surface area contributed by atoms with Crippen LogP contribution in [0, 0.1) is 12.8 Å². The lowest BCUT2D eigenvalue weighted by Crippen LogP contribution is -2.22. The summed E-state index contributed by atoms with van der Waals surface area (Å²) in [5.74, 6) is 2.70. The fraction of sp³-hybridized carbons (Fsp3) is 0.412. The molecule has 3 aromatic heterocycles. The molecule has 0 bridgehead atoms. The molecule has 0 N–H and O–H groups in total. The van der Waals surface area contributed by atoms with E-state index in [1.54, 1.807) is 0 Å². The smallest absolute Gasteiger partial charge is 0.261 e. The van der Waals surface area contributed by atoms with Gasteiger partial charge in [0, 0.05) is 32.5 Å². The first-order valence-corrected chi connectivity index (χ1v) is 8.17. The largest absolute Gasteiger partial charge is 0.356 e. The van der Waals surface area contributed by atoms with Gasteiger partial charge in [-0.1, -0.05) is 5.16 Å². The number of hydrogen-bond acceptors (Lipinski definition) is 6. The molecule has 0 unspecified atom stereocenters. The normalized spacial score (nSPS) is 17.6. The van der Waals surface area contributed by atoms with Gasteiger partial charge < -0.3 is 9.42 Å². The van der Waals surface area contributed by atoms with Gasteiger partial charge in [0.15, 0.2) is 5.82 Å². The topological polar surface area (TPSA) is 72.9 Å². The standard InChI is InChI=1S/C17H20N6O/c1-12-20-17(24-21-12)15-4-3-6-18-16(15)23-7-5-13(11-23)8-14-9-19-22(2)10-14/h3-4,6,9-10,13H,5,7-8,11H2,1-2H3/t13-/m1/s1. The van der Waals surface area contributed by atoms with Gasteiger partial charge in [-0.3, -0.25) is 4.68 Å². The molecule has 24 heavy (non-hydrogen) atoms. The lowest BCUT2D eigenvalue weighted by Gasteiger charge is -2.19. The third-order valence-corrected chi connectivity index (χ3v) is 4.41. The molecule has 0 saturated carbocycles. The maximum atomic E-state index is 5.34. The lowest BCUT2D eigenvalue weighted by molar-refractivity contribution is 0.425. The number of hydrogen-bond donors (Lipinski definition) is 0. The Hall–Kier alpha value is -2.70. The van der Waals surface area contributed by atoms with Crippen LogP contribution in [0.1, 0.15) is 17.8 Å². The predicted molar refractivity (Wildman–Crippen MR) is 89.5 cm³/mol. The Labute approximate surface area is 140 Å². The van der Waals surface area contributed by atoms with Gasteiger partial charge in [0.25, 0.3) is 5.89 Å². The molecule has 4 rings (SSSR count). The monoisotopic (exact) mass is 324 g/mol. The van der Waals surface area contributed by atoms with Gasteiger partial charge in [-0.2, -0.15) is 10.1 Å². The van der Waals surface area contributed by atoms with Crippen LogP contribution in [0.15, 0.2) is 35.2 Å². The molecule has 0 spiro atoms. The highest BCUT2D eigenvalue weighted by atomic mass is 16.5. The van der Waals surface area contributed by atoms with Gasteiger partial charge >= 0.3 is 0 Å². The van der Waals surface area contributed by atoms with Crippen LogP contribution in [0.2, 0.25) is 0 Å². The summed E-state index contributed by atoms with van der Waals surface area (Å²) in [4.78, 5) is 11.2. The third-order valence-electron chi connectivity index (χ3n) is 4.41. The second-order valence-corrected chi connectivity index (χ2v) is 6.35. The van der Waals surface area contributed by atoms with Crippen LogP contribution in [0.25, 0.3) is 11.5 Å². The number of rotatable bonds is 4. The Morgan fingerprint density at radius 1 is 1.38 bits per heavy atom. The highest BCUT2D eigenvalue weighted by molar-refractivity contribution is 5.70. The fourth-order valence-corrected chi connectivity index (χ4v) is 3.32. The van der Waals surface area contributed by atoms with Gasteiger partial charge in [0.1, 0.15) is 5.82 Å².